The Kier molecular flexibility index (Phi) is 16.0. The first-order valence-corrected chi connectivity index (χ1v) is 23.0. The van der Waals surface area contributed by atoms with Crippen molar-refractivity contribution >= 4 is 5.71 Å². The molecule has 5 aliphatic rings. The van der Waals surface area contributed by atoms with Gasteiger partial charge >= 0.3 is 0 Å². The molecule has 1 aromatic rings. The van der Waals surface area contributed by atoms with Crippen LogP contribution in [0.15, 0.2) is 120 Å². The van der Waals surface area contributed by atoms with Gasteiger partial charge in [0.1, 0.15) is 0 Å². The number of likely N-dealkylation sites (N-methyl/N-ethyl adjacent to an activating group) is 2. The van der Waals surface area contributed by atoms with E-state index in [1.54, 1.807) is 23.0 Å². The van der Waals surface area contributed by atoms with Gasteiger partial charge in [-0.2, -0.15) is 5.10 Å². The van der Waals surface area contributed by atoms with Crippen LogP contribution in [-0.2, 0) is 6.42 Å². The van der Waals surface area contributed by atoms with E-state index in [4.69, 9.17) is 5.10 Å². The molecule has 1 N–H and O–H groups in total. The van der Waals surface area contributed by atoms with Crippen LogP contribution in [0.2, 0.25) is 0 Å². The molecule has 1 fully saturated rings. The summed E-state index contributed by atoms with van der Waals surface area (Å²) in [4.78, 5) is 7.98. The quantitative estimate of drug-likeness (QED) is 0.105. The zero-order valence-electron chi connectivity index (χ0n) is 37.1. The van der Waals surface area contributed by atoms with Crippen LogP contribution in [0.1, 0.15) is 108 Å². The van der Waals surface area contributed by atoms with Crippen molar-refractivity contribution in [2.45, 2.75) is 104 Å². The van der Waals surface area contributed by atoms with Crippen LogP contribution in [0.4, 0.5) is 0 Å². The molecule has 2 heterocycles. The predicted molar refractivity (Wildman–Crippen MR) is 248 cm³/mol. The van der Waals surface area contributed by atoms with Crippen molar-refractivity contribution in [3.63, 3.8) is 0 Å². The highest BCUT2D eigenvalue weighted by atomic mass is 15.5. The van der Waals surface area contributed by atoms with Gasteiger partial charge in [-0.1, -0.05) is 99.7 Å². The van der Waals surface area contributed by atoms with Gasteiger partial charge in [-0.25, -0.2) is 0 Å². The van der Waals surface area contributed by atoms with Crippen molar-refractivity contribution in [2.75, 3.05) is 53.4 Å². The summed E-state index contributed by atoms with van der Waals surface area (Å²) in [6.45, 7) is 23.9. The van der Waals surface area contributed by atoms with Crippen LogP contribution in [0.25, 0.3) is 0 Å². The lowest BCUT2D eigenvalue weighted by Gasteiger charge is -2.45. The van der Waals surface area contributed by atoms with E-state index < -0.39 is 0 Å². The summed E-state index contributed by atoms with van der Waals surface area (Å²) in [5, 5.41) is 10.6. The Morgan fingerprint density at radius 1 is 1.05 bits per heavy atom. The van der Waals surface area contributed by atoms with Crippen LogP contribution in [0.5, 0.6) is 0 Å². The first-order chi connectivity index (χ1) is 28.3. The molecule has 0 radical (unpaired) electrons. The Morgan fingerprint density at radius 3 is 2.62 bits per heavy atom. The topological polar surface area (TPSA) is 37.4 Å². The third-order valence-electron chi connectivity index (χ3n) is 13.9. The summed E-state index contributed by atoms with van der Waals surface area (Å²) in [7, 11) is 4.40. The Labute approximate surface area is 353 Å². The van der Waals surface area contributed by atoms with Crippen molar-refractivity contribution in [2.24, 2.45) is 34.7 Å². The molecule has 0 spiro atoms. The first kappa shape index (κ1) is 43.5. The van der Waals surface area contributed by atoms with Crippen LogP contribution >= 0.6 is 0 Å². The summed E-state index contributed by atoms with van der Waals surface area (Å²) < 4.78 is 0. The van der Waals surface area contributed by atoms with Crippen molar-refractivity contribution < 1.29 is 0 Å². The van der Waals surface area contributed by atoms with Gasteiger partial charge in [-0.05, 0) is 132 Å². The van der Waals surface area contributed by atoms with E-state index in [9.17, 15) is 0 Å². The van der Waals surface area contributed by atoms with Crippen LogP contribution in [0.3, 0.4) is 0 Å². The number of hydrazone groups is 1. The first-order valence-electron chi connectivity index (χ1n) is 23.0. The third-order valence-corrected chi connectivity index (χ3v) is 13.9. The van der Waals surface area contributed by atoms with E-state index in [0.717, 1.165) is 69.8 Å². The smallest absolute Gasteiger partial charge is 0.0688 e. The van der Waals surface area contributed by atoms with Gasteiger partial charge in [0.25, 0.3) is 0 Å². The highest BCUT2D eigenvalue weighted by Gasteiger charge is 2.40. The standard InChI is InChI=1S/C52H76N6/c1-9-13-14-15-16-17-22-42-28-29-43-37-39(5)27-30-45(43)50(42)46-23-18-19-25-48(46)58-33-31-41(32-34-58)38-57(12-4)36-35-55(7)49-26-20-24-47-51(54-56(8)52(47)49)44(21-10-2)40(6)53-11-3/h9,11,13,16-20,25-27,30,37,41-42,44,46-47,50,53H,3,6,10,12,14-15,21-24,28-29,31-36,38H2,1-2,4-5,7-8H3/b13-9-,17-16+/t42?,44?,46-,47?,50?/m1/s1. The summed E-state index contributed by atoms with van der Waals surface area (Å²) >= 11 is 0. The Balaban J connectivity index is 1.06. The number of nitrogens with one attached hydrogen (secondary N) is 1. The second-order valence-electron chi connectivity index (χ2n) is 17.7. The molecular formula is C52H76N6. The van der Waals surface area contributed by atoms with E-state index in [1.165, 1.54) is 74.4 Å². The summed E-state index contributed by atoms with van der Waals surface area (Å²) in [6, 6.07) is 7.35. The average molecular weight is 785 g/mol. The second-order valence-corrected chi connectivity index (χ2v) is 17.7. The normalized spacial score (nSPS) is 24.1. The molecule has 6 rings (SSSR count). The lowest BCUT2D eigenvalue weighted by atomic mass is 9.65. The average Bonchev–Trinajstić information content (AvgIpc) is 3.58. The number of allylic oxidation sites excluding steroid dienone is 12. The van der Waals surface area contributed by atoms with Crippen LogP contribution < -0.4 is 5.32 Å². The summed E-state index contributed by atoms with van der Waals surface area (Å²) in [5.41, 5.74) is 11.1. The molecule has 4 unspecified atom stereocenters. The minimum atomic E-state index is 0.209. The number of piperidine rings is 1. The third kappa shape index (κ3) is 10.4. The van der Waals surface area contributed by atoms with Crippen molar-refractivity contribution in [3.05, 3.63) is 132 Å². The Morgan fingerprint density at radius 2 is 1.86 bits per heavy atom. The summed E-state index contributed by atoms with van der Waals surface area (Å²) in [5.74, 6) is 3.06. The number of nitrogens with zero attached hydrogens (tertiary/aromatic N) is 5. The minimum absolute atomic E-state index is 0.209. The molecule has 6 nitrogen and oxygen atoms in total. The summed E-state index contributed by atoms with van der Waals surface area (Å²) in [6.07, 6.45) is 35.9. The number of aryl methyl sites for hydroxylation is 2. The van der Waals surface area contributed by atoms with Gasteiger partial charge in [0.15, 0.2) is 0 Å². The van der Waals surface area contributed by atoms with E-state index in [1.807, 2.05) is 0 Å². The highest BCUT2D eigenvalue weighted by molar-refractivity contribution is 5.95. The minimum Gasteiger partial charge on any atom is -0.375 e. The lowest BCUT2D eigenvalue weighted by Crippen LogP contribution is -2.42. The fourth-order valence-corrected chi connectivity index (χ4v) is 10.7. The monoisotopic (exact) mass is 785 g/mol. The largest absolute Gasteiger partial charge is 0.375 e. The number of likely N-dealkylation sites (tertiary alicyclic amines) is 1. The zero-order valence-corrected chi connectivity index (χ0v) is 37.1. The molecule has 3 aliphatic carbocycles. The SMILES string of the molecule is C=CNC(=C)C(CCC)C1=NN(C)C2=C(N(C)CCN(CC)CC3CCN(C4=CC=CC[C@H]4C4c5ccc(C)cc5CCC4C/C=C/CC/C=C\C)CC3)C=CCC12. The highest BCUT2D eigenvalue weighted by Crippen LogP contribution is 2.49. The van der Waals surface area contributed by atoms with Crippen LogP contribution in [-0.4, -0.2) is 78.8 Å². The molecule has 2 aliphatic heterocycles. The zero-order chi connectivity index (χ0) is 41.0. The molecule has 0 amide bonds. The second kappa shape index (κ2) is 21.3. The van der Waals surface area contributed by atoms with Gasteiger partial charge in [-0.3, -0.25) is 5.01 Å². The number of unbranched alkanes of at least 4 members (excludes halogenated alkanes) is 1. The van der Waals surface area contributed by atoms with E-state index in [2.05, 4.69) is 153 Å². The van der Waals surface area contributed by atoms with E-state index in [-0.39, 0.29) is 5.92 Å². The maximum Gasteiger partial charge on any atom is 0.0688 e. The number of hydrogen-bond acceptors (Lipinski definition) is 6. The van der Waals surface area contributed by atoms with E-state index in [0.29, 0.717) is 23.7 Å². The van der Waals surface area contributed by atoms with Gasteiger partial charge in [0, 0.05) is 76.0 Å². The molecule has 58 heavy (non-hydrogen) atoms. The molecule has 0 saturated carbocycles. The van der Waals surface area contributed by atoms with Crippen molar-refractivity contribution in [1.82, 2.24) is 25.0 Å². The maximum atomic E-state index is 5.15. The predicted octanol–water partition coefficient (Wildman–Crippen LogP) is 11.1. The Hall–Kier alpha value is -4.03. The molecule has 0 bridgehead atoms. The van der Waals surface area contributed by atoms with Gasteiger partial charge in [-0.15, -0.1) is 0 Å². The van der Waals surface area contributed by atoms with Gasteiger partial charge in [0.2, 0.25) is 0 Å². The van der Waals surface area contributed by atoms with Crippen LogP contribution in [0, 0.1) is 36.5 Å². The van der Waals surface area contributed by atoms with Crippen molar-refractivity contribution in [1.29, 1.82) is 0 Å². The number of hydrogen-bond donors (Lipinski definition) is 1. The number of rotatable bonds is 20. The molecule has 0 aromatic heterocycles. The molecule has 314 valence electrons. The lowest BCUT2D eigenvalue weighted by molar-refractivity contribution is 0.146. The number of fused-ring (bicyclic) bond motifs is 2. The molecule has 6 heteroatoms. The van der Waals surface area contributed by atoms with E-state index >= 15 is 0 Å². The molecule has 1 saturated heterocycles. The fraction of sp³-hybridized carbons (Fsp3) is 0.558. The van der Waals surface area contributed by atoms with Crippen molar-refractivity contribution in [3.8, 4) is 0 Å². The number of benzene rings is 1. The molecular weight excluding hydrogens is 709 g/mol. The Bertz CT molecular complexity index is 1760. The van der Waals surface area contributed by atoms with Gasteiger partial charge in [0.05, 0.1) is 17.1 Å². The fourth-order valence-electron chi connectivity index (χ4n) is 10.7. The molecule has 5 atom stereocenters. The van der Waals surface area contributed by atoms with Gasteiger partial charge < -0.3 is 20.0 Å². The maximum absolute atomic E-state index is 5.15. The molecule has 1 aromatic carbocycles.